The number of nitrogens with one attached hydrogen (secondary N) is 1. The fourth-order valence-electron chi connectivity index (χ4n) is 3.37. The lowest BCUT2D eigenvalue weighted by Crippen LogP contribution is -2.42. The molecule has 1 fully saturated rings. The van der Waals surface area contributed by atoms with Crippen molar-refractivity contribution >= 4 is 16.0 Å². The highest BCUT2D eigenvalue weighted by Gasteiger charge is 2.36. The summed E-state index contributed by atoms with van der Waals surface area (Å²) in [5.41, 5.74) is -2.33. The number of anilines is 1. The summed E-state index contributed by atoms with van der Waals surface area (Å²) in [4.78, 5) is 20.8. The van der Waals surface area contributed by atoms with Crippen molar-refractivity contribution in [1.29, 1.82) is 0 Å². The summed E-state index contributed by atoms with van der Waals surface area (Å²) < 4.78 is 66.4. The summed E-state index contributed by atoms with van der Waals surface area (Å²) in [6.07, 6.45) is -1.28. The molecular weight excluding hydrogens is 423 g/mol. The molecule has 1 saturated heterocycles. The van der Waals surface area contributed by atoms with Crippen LogP contribution in [0.2, 0.25) is 0 Å². The molecule has 0 atom stereocenters. The summed E-state index contributed by atoms with van der Waals surface area (Å²) in [6.45, 7) is 2.08. The topological polar surface area (TPSA) is 97.2 Å². The Bertz CT molecular complexity index is 1110. The Labute approximate surface area is 171 Å². The number of pyridine rings is 1. The van der Waals surface area contributed by atoms with E-state index in [1.807, 2.05) is 0 Å². The second kappa shape index (κ2) is 7.99. The van der Waals surface area contributed by atoms with Crippen LogP contribution < -0.4 is 10.9 Å². The highest BCUT2D eigenvalue weighted by Crippen LogP contribution is 2.35. The Balaban J connectivity index is 1.90. The zero-order chi connectivity index (χ0) is 22.3. The van der Waals surface area contributed by atoms with Gasteiger partial charge in [-0.25, -0.2) is 22.7 Å². The van der Waals surface area contributed by atoms with Crippen LogP contribution in [0.1, 0.15) is 24.1 Å². The number of nitrogens with zero attached hydrogens (tertiary/aromatic N) is 4. The second-order valence-electron chi connectivity index (χ2n) is 7.28. The molecule has 8 nitrogen and oxygen atoms in total. The van der Waals surface area contributed by atoms with Gasteiger partial charge in [-0.15, -0.1) is 0 Å². The lowest BCUT2D eigenvalue weighted by Gasteiger charge is -2.30. The largest absolute Gasteiger partial charge is 0.417 e. The van der Waals surface area contributed by atoms with E-state index in [1.165, 1.54) is 30.5 Å². The predicted molar refractivity (Wildman–Crippen MR) is 106 cm³/mol. The van der Waals surface area contributed by atoms with Crippen LogP contribution in [0.15, 0.2) is 23.1 Å². The minimum atomic E-state index is -4.72. The van der Waals surface area contributed by atoms with Gasteiger partial charge in [0.05, 0.1) is 23.1 Å². The molecular formula is C18H22F3N5O3S. The van der Waals surface area contributed by atoms with Crippen LogP contribution in [0.3, 0.4) is 0 Å². The van der Waals surface area contributed by atoms with Crippen molar-refractivity contribution in [2.45, 2.75) is 32.0 Å². The van der Waals surface area contributed by atoms with Crippen LogP contribution in [0, 0.1) is 6.92 Å². The number of rotatable bonds is 4. The molecule has 12 heteroatoms. The Morgan fingerprint density at radius 1 is 1.23 bits per heavy atom. The molecule has 2 aromatic rings. The normalized spacial score (nSPS) is 16.6. The van der Waals surface area contributed by atoms with Gasteiger partial charge in [-0.3, -0.25) is 4.79 Å². The quantitative estimate of drug-likeness (QED) is 0.773. The average molecular weight is 445 g/mol. The highest BCUT2D eigenvalue weighted by molar-refractivity contribution is 7.88. The minimum absolute atomic E-state index is 0.0843. The van der Waals surface area contributed by atoms with Crippen molar-refractivity contribution in [2.24, 2.45) is 7.05 Å². The van der Waals surface area contributed by atoms with E-state index in [1.54, 1.807) is 0 Å². The van der Waals surface area contributed by atoms with Gasteiger partial charge in [0.25, 0.3) is 5.56 Å². The zero-order valence-corrected chi connectivity index (χ0v) is 17.5. The van der Waals surface area contributed by atoms with Gasteiger partial charge in [-0.1, -0.05) is 0 Å². The standard InChI is InChI=1S/C18H22F3N5O3S/c1-11-10-13(18(19,20)21)15(16(27)25(11)2)14-4-7-22-17(24-14)23-12-5-8-26(9-6-12)30(3,28)29/h4,7,10,12H,5-6,8-9H2,1-3H3,(H,22,23,24). The number of piperidine rings is 1. The van der Waals surface area contributed by atoms with E-state index in [0.717, 1.165) is 16.9 Å². The van der Waals surface area contributed by atoms with E-state index in [9.17, 15) is 26.4 Å². The maximum atomic E-state index is 13.6. The van der Waals surface area contributed by atoms with Crippen molar-refractivity contribution in [1.82, 2.24) is 18.8 Å². The van der Waals surface area contributed by atoms with Gasteiger partial charge in [0.2, 0.25) is 16.0 Å². The molecule has 0 unspecified atom stereocenters. The molecule has 0 aromatic carbocycles. The number of hydrogen-bond acceptors (Lipinski definition) is 6. The van der Waals surface area contributed by atoms with Crippen molar-refractivity contribution in [3.8, 4) is 11.3 Å². The Kier molecular flexibility index (Phi) is 5.92. The number of hydrogen-bond donors (Lipinski definition) is 1. The van der Waals surface area contributed by atoms with Crippen molar-refractivity contribution in [2.75, 3.05) is 24.7 Å². The fourth-order valence-corrected chi connectivity index (χ4v) is 4.25. The molecule has 1 aliphatic heterocycles. The Morgan fingerprint density at radius 2 is 1.87 bits per heavy atom. The van der Waals surface area contributed by atoms with Crippen LogP contribution >= 0.6 is 0 Å². The van der Waals surface area contributed by atoms with E-state index in [0.29, 0.717) is 25.9 Å². The van der Waals surface area contributed by atoms with E-state index >= 15 is 0 Å². The van der Waals surface area contributed by atoms with Crippen molar-refractivity contribution in [3.05, 3.63) is 39.9 Å². The molecule has 0 bridgehead atoms. The van der Waals surface area contributed by atoms with Crippen molar-refractivity contribution in [3.63, 3.8) is 0 Å². The van der Waals surface area contributed by atoms with Crippen LogP contribution in [0.5, 0.6) is 0 Å². The summed E-state index contributed by atoms with van der Waals surface area (Å²) in [5.74, 6) is 0.0843. The van der Waals surface area contributed by atoms with Gasteiger partial charge in [-0.2, -0.15) is 13.2 Å². The maximum absolute atomic E-state index is 13.6. The molecule has 3 rings (SSSR count). The van der Waals surface area contributed by atoms with Gasteiger partial charge < -0.3 is 9.88 Å². The number of alkyl halides is 3. The molecule has 0 amide bonds. The number of aromatic nitrogens is 3. The molecule has 1 aliphatic rings. The lowest BCUT2D eigenvalue weighted by atomic mass is 10.0. The van der Waals surface area contributed by atoms with Crippen LogP contribution in [0.4, 0.5) is 19.1 Å². The third kappa shape index (κ3) is 4.64. The molecule has 0 radical (unpaired) electrons. The molecule has 0 saturated carbocycles. The van der Waals surface area contributed by atoms with Gasteiger partial charge in [0, 0.05) is 38.1 Å². The fraction of sp³-hybridized carbons (Fsp3) is 0.500. The van der Waals surface area contributed by atoms with Gasteiger partial charge in [0.1, 0.15) is 0 Å². The molecule has 164 valence electrons. The van der Waals surface area contributed by atoms with E-state index in [-0.39, 0.29) is 23.4 Å². The van der Waals surface area contributed by atoms with Gasteiger partial charge in [0.15, 0.2) is 0 Å². The molecule has 30 heavy (non-hydrogen) atoms. The third-order valence-electron chi connectivity index (χ3n) is 5.14. The van der Waals surface area contributed by atoms with Crippen molar-refractivity contribution < 1.29 is 21.6 Å². The summed E-state index contributed by atoms with van der Waals surface area (Å²) in [7, 11) is -1.87. The molecule has 2 aromatic heterocycles. The van der Waals surface area contributed by atoms with Gasteiger partial charge >= 0.3 is 6.18 Å². The zero-order valence-electron chi connectivity index (χ0n) is 16.7. The molecule has 1 N–H and O–H groups in total. The first-order valence-corrected chi connectivity index (χ1v) is 11.1. The summed E-state index contributed by atoms with van der Waals surface area (Å²) >= 11 is 0. The minimum Gasteiger partial charge on any atom is -0.351 e. The first-order valence-electron chi connectivity index (χ1n) is 9.21. The maximum Gasteiger partial charge on any atom is 0.417 e. The first-order chi connectivity index (χ1) is 13.9. The smallest absolute Gasteiger partial charge is 0.351 e. The Hall–Kier alpha value is -2.47. The lowest BCUT2D eigenvalue weighted by molar-refractivity contribution is -0.137. The van der Waals surface area contributed by atoms with Crippen LogP contribution in [-0.4, -0.2) is 52.6 Å². The Morgan fingerprint density at radius 3 is 2.43 bits per heavy atom. The number of halogens is 3. The molecule has 3 heterocycles. The SMILES string of the molecule is Cc1cc(C(F)(F)F)c(-c2ccnc(NC3CCN(S(C)(=O)=O)CC3)n2)c(=O)n1C. The van der Waals surface area contributed by atoms with Gasteiger partial charge in [-0.05, 0) is 31.9 Å². The average Bonchev–Trinajstić information content (AvgIpc) is 2.65. The first kappa shape index (κ1) is 22.2. The number of sulfonamides is 1. The monoisotopic (exact) mass is 445 g/mol. The second-order valence-corrected chi connectivity index (χ2v) is 9.26. The summed E-state index contributed by atoms with van der Waals surface area (Å²) in [5, 5.41) is 3.03. The van der Waals surface area contributed by atoms with Crippen LogP contribution in [-0.2, 0) is 23.2 Å². The third-order valence-corrected chi connectivity index (χ3v) is 6.45. The van der Waals surface area contributed by atoms with E-state index in [4.69, 9.17) is 0 Å². The highest BCUT2D eigenvalue weighted by atomic mass is 32.2. The molecule has 0 aliphatic carbocycles. The number of aryl methyl sites for hydroxylation is 1. The van der Waals surface area contributed by atoms with E-state index in [2.05, 4.69) is 15.3 Å². The van der Waals surface area contributed by atoms with E-state index < -0.39 is 32.9 Å². The predicted octanol–water partition coefficient (Wildman–Crippen LogP) is 2.01. The molecule has 0 spiro atoms. The summed E-state index contributed by atoms with van der Waals surface area (Å²) in [6, 6.07) is 2.05. The van der Waals surface area contributed by atoms with Crippen LogP contribution in [0.25, 0.3) is 11.3 Å².